The van der Waals surface area contributed by atoms with E-state index in [4.69, 9.17) is 0 Å². The fraction of sp³-hybridized carbons (Fsp3) is 0.364. The van der Waals surface area contributed by atoms with Crippen LogP contribution in [0.25, 0.3) is 0 Å². The second-order valence-electron chi connectivity index (χ2n) is 3.29. The first-order valence-corrected chi connectivity index (χ1v) is 4.18. The van der Waals surface area contributed by atoms with Crippen LogP contribution >= 0.6 is 0 Å². The lowest BCUT2D eigenvalue weighted by Gasteiger charge is -2.06. The van der Waals surface area contributed by atoms with Gasteiger partial charge in [-0.3, -0.25) is 0 Å². The summed E-state index contributed by atoms with van der Waals surface area (Å²) in [6.07, 6.45) is -1.11. The van der Waals surface area contributed by atoms with E-state index in [1.807, 2.05) is 12.1 Å². The Morgan fingerprint density at radius 3 is 1.83 bits per heavy atom. The van der Waals surface area contributed by atoms with Gasteiger partial charge in [-0.15, -0.1) is 0 Å². The van der Waals surface area contributed by atoms with Crippen molar-refractivity contribution in [3.63, 3.8) is 0 Å². The summed E-state index contributed by atoms with van der Waals surface area (Å²) in [6, 6.07) is 7.51. The molecule has 1 aromatic carbocycles. The van der Waals surface area contributed by atoms with Crippen LogP contribution in [0.3, 0.4) is 0 Å². The second kappa shape index (κ2) is 3.70. The van der Waals surface area contributed by atoms with E-state index in [0.717, 1.165) is 0 Å². The number of hydrogen-bond donors (Lipinski definition) is 0. The molecular weight excluding hydrogens is 151 g/mol. The van der Waals surface area contributed by atoms with Crippen LogP contribution in [-0.4, -0.2) is 0 Å². The van der Waals surface area contributed by atoms with Gasteiger partial charge < -0.3 is 0 Å². The van der Waals surface area contributed by atoms with Crippen LogP contribution in [0.4, 0.5) is 4.39 Å². The summed E-state index contributed by atoms with van der Waals surface area (Å²) in [4.78, 5) is 0. The molecule has 0 aliphatic heterocycles. The molecule has 1 aromatic rings. The molecule has 0 saturated carbocycles. The molecule has 1 unspecified atom stereocenters. The molecule has 1 atom stereocenters. The van der Waals surface area contributed by atoms with Crippen LogP contribution in [0.15, 0.2) is 24.3 Å². The minimum absolute atomic E-state index is 0.502. The van der Waals surface area contributed by atoms with Gasteiger partial charge in [0.2, 0.25) is 0 Å². The fourth-order valence-electron chi connectivity index (χ4n) is 1.09. The number of benzene rings is 1. The number of hydrogen-bond acceptors (Lipinski definition) is 0. The molecule has 1 heteroatoms. The average Bonchev–Trinajstić information content (AvgIpc) is 2.04. The first kappa shape index (κ1) is 9.24. The van der Waals surface area contributed by atoms with Crippen molar-refractivity contribution in [3.05, 3.63) is 42.3 Å². The first-order valence-electron chi connectivity index (χ1n) is 4.18. The van der Waals surface area contributed by atoms with Crippen molar-refractivity contribution in [1.29, 1.82) is 0 Å². The van der Waals surface area contributed by atoms with Crippen molar-refractivity contribution in [1.82, 2.24) is 0 Å². The van der Waals surface area contributed by atoms with Crippen molar-refractivity contribution in [3.8, 4) is 0 Å². The van der Waals surface area contributed by atoms with Crippen molar-refractivity contribution in [2.45, 2.75) is 25.9 Å². The topological polar surface area (TPSA) is 0 Å². The van der Waals surface area contributed by atoms with E-state index in [0.29, 0.717) is 11.5 Å². The average molecular weight is 165 g/mol. The summed E-state index contributed by atoms with van der Waals surface area (Å²) in [6.45, 7) is 7.55. The summed E-state index contributed by atoms with van der Waals surface area (Å²) < 4.78 is 12.7. The molecule has 0 N–H and O–H groups in total. The van der Waals surface area contributed by atoms with Gasteiger partial charge in [-0.25, -0.2) is 4.39 Å². The van der Waals surface area contributed by atoms with Gasteiger partial charge >= 0.3 is 0 Å². The molecule has 65 valence electrons. The maximum absolute atomic E-state index is 12.7. The Balaban J connectivity index is 2.86. The number of rotatable bonds is 2. The molecule has 0 aliphatic carbocycles. The number of halogens is 1. The molecule has 0 heterocycles. The predicted octanol–water partition coefficient (Wildman–Crippen LogP) is 3.65. The molecule has 0 nitrogen and oxygen atoms in total. The standard InChI is InChI=1S/C11H14F/c1-8(2)10-4-6-11(7-5-10)9(3)12/h4-9H,3H2,1-2H3. The zero-order chi connectivity index (χ0) is 9.14. The third-order valence-corrected chi connectivity index (χ3v) is 1.96. The summed E-state index contributed by atoms with van der Waals surface area (Å²) in [5, 5.41) is 0. The Bertz CT molecular complexity index is 207. The van der Waals surface area contributed by atoms with Gasteiger partial charge in [0.1, 0.15) is 6.17 Å². The van der Waals surface area contributed by atoms with Gasteiger partial charge in [0, 0.05) is 0 Å². The molecule has 0 amide bonds. The fourth-order valence-corrected chi connectivity index (χ4v) is 1.09. The highest BCUT2D eigenvalue weighted by atomic mass is 19.1. The van der Waals surface area contributed by atoms with Crippen LogP contribution in [0, 0.1) is 6.92 Å². The lowest BCUT2D eigenvalue weighted by Crippen LogP contribution is -1.89. The molecule has 0 saturated heterocycles. The second-order valence-corrected chi connectivity index (χ2v) is 3.29. The van der Waals surface area contributed by atoms with Crippen molar-refractivity contribution >= 4 is 0 Å². The first-order chi connectivity index (χ1) is 5.61. The minimum Gasteiger partial charge on any atom is -0.242 e. The maximum atomic E-state index is 12.7. The third-order valence-electron chi connectivity index (χ3n) is 1.96. The van der Waals surface area contributed by atoms with E-state index in [1.54, 1.807) is 12.1 Å². The van der Waals surface area contributed by atoms with Crippen LogP contribution in [-0.2, 0) is 0 Å². The lowest BCUT2D eigenvalue weighted by molar-refractivity contribution is 0.411. The van der Waals surface area contributed by atoms with Gasteiger partial charge in [-0.05, 0) is 24.0 Å². The highest BCUT2D eigenvalue weighted by Gasteiger charge is 2.03. The summed E-state index contributed by atoms with van der Waals surface area (Å²) >= 11 is 0. The summed E-state index contributed by atoms with van der Waals surface area (Å²) in [7, 11) is 0. The normalized spacial score (nSPS) is 13.4. The maximum Gasteiger partial charge on any atom is 0.125 e. The van der Waals surface area contributed by atoms with Gasteiger partial charge in [0.05, 0.1) is 0 Å². The minimum atomic E-state index is -1.11. The number of alkyl halides is 1. The summed E-state index contributed by atoms with van der Waals surface area (Å²) in [5.41, 5.74) is 1.89. The Morgan fingerprint density at radius 1 is 1.08 bits per heavy atom. The van der Waals surface area contributed by atoms with E-state index in [2.05, 4.69) is 20.8 Å². The van der Waals surface area contributed by atoms with Crippen molar-refractivity contribution < 1.29 is 4.39 Å². The Hall–Kier alpha value is -0.850. The molecule has 1 radical (unpaired) electrons. The van der Waals surface area contributed by atoms with E-state index < -0.39 is 6.17 Å². The monoisotopic (exact) mass is 165 g/mol. The van der Waals surface area contributed by atoms with Gasteiger partial charge in [0.25, 0.3) is 0 Å². The van der Waals surface area contributed by atoms with Crippen LogP contribution in [0.1, 0.15) is 37.1 Å². The Labute approximate surface area is 73.4 Å². The van der Waals surface area contributed by atoms with E-state index >= 15 is 0 Å². The highest BCUT2D eigenvalue weighted by molar-refractivity contribution is 5.26. The molecule has 1 rings (SSSR count). The summed E-state index contributed by atoms with van der Waals surface area (Å²) in [5.74, 6) is 0.502. The third kappa shape index (κ3) is 2.07. The Morgan fingerprint density at radius 2 is 1.50 bits per heavy atom. The van der Waals surface area contributed by atoms with Crippen LogP contribution < -0.4 is 0 Å². The SMILES string of the molecule is [CH2]C(F)c1ccc(C(C)C)cc1. The highest BCUT2D eigenvalue weighted by Crippen LogP contribution is 2.19. The molecular formula is C11H14F. The molecule has 0 spiro atoms. The van der Waals surface area contributed by atoms with E-state index in [1.165, 1.54) is 5.56 Å². The molecule has 12 heavy (non-hydrogen) atoms. The molecule has 0 aromatic heterocycles. The Kier molecular flexibility index (Phi) is 2.85. The van der Waals surface area contributed by atoms with E-state index in [9.17, 15) is 4.39 Å². The van der Waals surface area contributed by atoms with Gasteiger partial charge in [-0.1, -0.05) is 38.1 Å². The van der Waals surface area contributed by atoms with E-state index in [-0.39, 0.29) is 0 Å². The molecule has 0 bridgehead atoms. The van der Waals surface area contributed by atoms with Gasteiger partial charge in [-0.2, -0.15) is 0 Å². The molecule has 0 aliphatic rings. The predicted molar refractivity (Wildman–Crippen MR) is 49.7 cm³/mol. The molecule has 0 fully saturated rings. The van der Waals surface area contributed by atoms with Crippen molar-refractivity contribution in [2.24, 2.45) is 0 Å². The zero-order valence-electron chi connectivity index (χ0n) is 7.55. The van der Waals surface area contributed by atoms with Crippen LogP contribution in [0.2, 0.25) is 0 Å². The zero-order valence-corrected chi connectivity index (χ0v) is 7.55. The smallest absolute Gasteiger partial charge is 0.125 e. The lowest BCUT2D eigenvalue weighted by atomic mass is 10.0. The quantitative estimate of drug-likeness (QED) is 0.627. The van der Waals surface area contributed by atoms with Crippen molar-refractivity contribution in [2.75, 3.05) is 0 Å². The van der Waals surface area contributed by atoms with Crippen LogP contribution in [0.5, 0.6) is 0 Å². The van der Waals surface area contributed by atoms with Gasteiger partial charge in [0.15, 0.2) is 0 Å². The largest absolute Gasteiger partial charge is 0.242 e.